The standard InChI is InChI=1S/C17H24N2O/c1-2-3-4-5-6-7-8-9-17(20)19-16-12-10-15(14-18)11-13-16/h10-13H,2-9H2,1H3,(H,19,20). The lowest BCUT2D eigenvalue weighted by atomic mass is 10.1. The minimum atomic E-state index is 0.0586. The maximum Gasteiger partial charge on any atom is 0.224 e. The van der Waals surface area contributed by atoms with E-state index in [0.29, 0.717) is 12.0 Å². The summed E-state index contributed by atoms with van der Waals surface area (Å²) in [6.45, 7) is 2.22. The zero-order valence-corrected chi connectivity index (χ0v) is 12.3. The van der Waals surface area contributed by atoms with Crippen LogP contribution in [0.5, 0.6) is 0 Å². The van der Waals surface area contributed by atoms with Crippen molar-refractivity contribution < 1.29 is 4.79 Å². The summed E-state index contributed by atoms with van der Waals surface area (Å²) in [5.41, 5.74) is 1.37. The average Bonchev–Trinajstić information content (AvgIpc) is 2.47. The molecule has 1 aromatic rings. The summed E-state index contributed by atoms with van der Waals surface area (Å²) in [6, 6.07) is 9.01. The fourth-order valence-electron chi connectivity index (χ4n) is 2.09. The number of carbonyl (C=O) groups is 1. The second-order valence-electron chi connectivity index (χ2n) is 5.11. The van der Waals surface area contributed by atoms with Gasteiger partial charge in [-0.25, -0.2) is 0 Å². The van der Waals surface area contributed by atoms with Crippen LogP contribution in [0.2, 0.25) is 0 Å². The summed E-state index contributed by atoms with van der Waals surface area (Å²) < 4.78 is 0. The number of carbonyl (C=O) groups excluding carboxylic acids is 1. The van der Waals surface area contributed by atoms with Gasteiger partial charge in [-0.15, -0.1) is 0 Å². The zero-order chi connectivity index (χ0) is 14.6. The SMILES string of the molecule is CCCCCCCCCC(=O)Nc1ccc(C#N)cc1. The van der Waals surface area contributed by atoms with Gasteiger partial charge in [0.2, 0.25) is 5.91 Å². The number of hydrogen-bond acceptors (Lipinski definition) is 2. The number of unbranched alkanes of at least 4 members (excludes halogenated alkanes) is 6. The van der Waals surface area contributed by atoms with Gasteiger partial charge in [-0.1, -0.05) is 45.4 Å². The number of benzene rings is 1. The minimum Gasteiger partial charge on any atom is -0.326 e. The molecule has 0 aliphatic heterocycles. The maximum absolute atomic E-state index is 11.7. The van der Waals surface area contributed by atoms with E-state index in [1.54, 1.807) is 24.3 Å². The van der Waals surface area contributed by atoms with Crippen LogP contribution in [0.1, 0.15) is 63.9 Å². The number of hydrogen-bond donors (Lipinski definition) is 1. The molecular formula is C17H24N2O. The topological polar surface area (TPSA) is 52.9 Å². The first kappa shape index (κ1) is 16.2. The largest absolute Gasteiger partial charge is 0.326 e. The Bertz CT molecular complexity index is 431. The number of rotatable bonds is 9. The molecule has 0 saturated carbocycles. The Kier molecular flexibility index (Phi) is 8.14. The van der Waals surface area contributed by atoms with Crippen molar-refractivity contribution in [1.82, 2.24) is 0 Å². The highest BCUT2D eigenvalue weighted by atomic mass is 16.1. The Morgan fingerprint density at radius 1 is 1.05 bits per heavy atom. The van der Waals surface area contributed by atoms with Gasteiger partial charge in [-0.05, 0) is 30.7 Å². The van der Waals surface area contributed by atoms with Crippen LogP contribution in [0.4, 0.5) is 5.69 Å². The van der Waals surface area contributed by atoms with Crippen LogP contribution in [-0.2, 0) is 4.79 Å². The molecule has 0 spiro atoms. The number of nitriles is 1. The molecule has 0 bridgehead atoms. The highest BCUT2D eigenvalue weighted by Crippen LogP contribution is 2.11. The molecule has 1 amide bonds. The van der Waals surface area contributed by atoms with Crippen molar-refractivity contribution in [2.75, 3.05) is 5.32 Å². The molecule has 0 radical (unpaired) electrons. The van der Waals surface area contributed by atoms with Crippen molar-refractivity contribution in [3.05, 3.63) is 29.8 Å². The molecule has 0 heterocycles. The number of anilines is 1. The van der Waals surface area contributed by atoms with E-state index >= 15 is 0 Å². The normalized spacial score (nSPS) is 10.0. The molecule has 0 saturated heterocycles. The van der Waals surface area contributed by atoms with Gasteiger partial charge >= 0.3 is 0 Å². The Morgan fingerprint density at radius 2 is 1.65 bits per heavy atom. The Labute approximate surface area is 122 Å². The van der Waals surface area contributed by atoms with Gasteiger partial charge in [0, 0.05) is 12.1 Å². The summed E-state index contributed by atoms with van der Waals surface area (Å²) in [5, 5.41) is 11.5. The van der Waals surface area contributed by atoms with Crippen LogP contribution in [0, 0.1) is 11.3 Å². The molecule has 3 nitrogen and oxygen atoms in total. The molecule has 20 heavy (non-hydrogen) atoms. The fourth-order valence-corrected chi connectivity index (χ4v) is 2.09. The van der Waals surface area contributed by atoms with Crippen molar-refractivity contribution in [3.63, 3.8) is 0 Å². The second-order valence-corrected chi connectivity index (χ2v) is 5.11. The number of nitrogens with zero attached hydrogens (tertiary/aromatic N) is 1. The van der Waals surface area contributed by atoms with Gasteiger partial charge in [0.1, 0.15) is 0 Å². The smallest absolute Gasteiger partial charge is 0.224 e. The highest BCUT2D eigenvalue weighted by Gasteiger charge is 2.02. The van der Waals surface area contributed by atoms with Crippen LogP contribution in [0.3, 0.4) is 0 Å². The van der Waals surface area contributed by atoms with Crippen LogP contribution >= 0.6 is 0 Å². The van der Waals surface area contributed by atoms with Gasteiger partial charge in [-0.2, -0.15) is 5.26 Å². The van der Waals surface area contributed by atoms with Gasteiger partial charge in [0.15, 0.2) is 0 Å². The molecule has 0 aliphatic carbocycles. The van der Waals surface area contributed by atoms with Crippen molar-refractivity contribution in [3.8, 4) is 6.07 Å². The van der Waals surface area contributed by atoms with E-state index in [1.807, 2.05) is 0 Å². The molecule has 0 atom stereocenters. The van der Waals surface area contributed by atoms with E-state index in [4.69, 9.17) is 5.26 Å². The van der Waals surface area contributed by atoms with Crippen LogP contribution in [0.15, 0.2) is 24.3 Å². The molecule has 0 aromatic heterocycles. The summed E-state index contributed by atoms with van der Waals surface area (Å²) in [7, 11) is 0. The monoisotopic (exact) mass is 272 g/mol. The number of nitrogens with one attached hydrogen (secondary N) is 1. The summed E-state index contributed by atoms with van der Waals surface area (Å²) in [5.74, 6) is 0.0586. The first-order valence-corrected chi connectivity index (χ1v) is 7.56. The summed E-state index contributed by atoms with van der Waals surface area (Å²) in [4.78, 5) is 11.7. The lowest BCUT2D eigenvalue weighted by Gasteiger charge is -2.05. The molecule has 0 aliphatic rings. The zero-order valence-electron chi connectivity index (χ0n) is 12.3. The van der Waals surface area contributed by atoms with Crippen molar-refractivity contribution >= 4 is 11.6 Å². The van der Waals surface area contributed by atoms with E-state index < -0.39 is 0 Å². The Balaban J connectivity index is 2.12. The molecule has 108 valence electrons. The molecule has 1 rings (SSSR count). The van der Waals surface area contributed by atoms with Crippen LogP contribution in [0.25, 0.3) is 0 Å². The maximum atomic E-state index is 11.7. The number of amides is 1. The average molecular weight is 272 g/mol. The fraction of sp³-hybridized carbons (Fsp3) is 0.529. The van der Waals surface area contributed by atoms with Gasteiger partial charge < -0.3 is 5.32 Å². The Morgan fingerprint density at radius 3 is 2.25 bits per heavy atom. The molecule has 1 N–H and O–H groups in total. The third kappa shape index (κ3) is 6.94. The summed E-state index contributed by atoms with van der Waals surface area (Å²) >= 11 is 0. The second kappa shape index (κ2) is 10.0. The van der Waals surface area contributed by atoms with Gasteiger partial charge in [0.05, 0.1) is 11.6 Å². The van der Waals surface area contributed by atoms with Crippen molar-refractivity contribution in [2.24, 2.45) is 0 Å². The predicted octanol–water partition coefficient (Wildman–Crippen LogP) is 4.64. The lowest BCUT2D eigenvalue weighted by Crippen LogP contribution is -2.10. The third-order valence-electron chi connectivity index (χ3n) is 3.31. The first-order valence-electron chi connectivity index (χ1n) is 7.56. The first-order chi connectivity index (χ1) is 9.76. The Hall–Kier alpha value is -1.82. The van der Waals surface area contributed by atoms with Gasteiger partial charge in [-0.3, -0.25) is 4.79 Å². The highest BCUT2D eigenvalue weighted by molar-refractivity contribution is 5.90. The van der Waals surface area contributed by atoms with E-state index in [-0.39, 0.29) is 5.91 Å². The summed E-state index contributed by atoms with van der Waals surface area (Å²) in [6.07, 6.45) is 9.07. The molecule has 3 heteroatoms. The van der Waals surface area contributed by atoms with Crippen molar-refractivity contribution in [1.29, 1.82) is 5.26 Å². The van der Waals surface area contributed by atoms with Crippen LogP contribution in [-0.4, -0.2) is 5.91 Å². The van der Waals surface area contributed by atoms with Crippen LogP contribution < -0.4 is 5.32 Å². The molecule has 0 fully saturated rings. The minimum absolute atomic E-state index is 0.0586. The quantitative estimate of drug-likeness (QED) is 0.666. The molecular weight excluding hydrogens is 248 g/mol. The lowest BCUT2D eigenvalue weighted by molar-refractivity contribution is -0.116. The molecule has 1 aromatic carbocycles. The predicted molar refractivity (Wildman–Crippen MR) is 82.4 cm³/mol. The molecule has 0 unspecified atom stereocenters. The van der Waals surface area contributed by atoms with E-state index in [1.165, 1.54) is 32.1 Å². The van der Waals surface area contributed by atoms with E-state index in [9.17, 15) is 4.79 Å². The van der Waals surface area contributed by atoms with Gasteiger partial charge in [0.25, 0.3) is 0 Å². The van der Waals surface area contributed by atoms with E-state index in [0.717, 1.165) is 18.5 Å². The third-order valence-corrected chi connectivity index (χ3v) is 3.31. The van der Waals surface area contributed by atoms with E-state index in [2.05, 4.69) is 18.3 Å². The van der Waals surface area contributed by atoms with Crippen molar-refractivity contribution in [2.45, 2.75) is 58.3 Å².